The highest BCUT2D eigenvalue weighted by Gasteiger charge is 2.19. The van der Waals surface area contributed by atoms with Crippen molar-refractivity contribution in [2.75, 3.05) is 0 Å². The standard InChI is InChI=1S/C16H22N2O/c1-3-15(14-7-5-4-6-8-14)16(19)10-9-13-11-17-18(2)12-13/h4-8,11-12,15-16,19H,3,9-10H2,1-2H3. The molecule has 0 radical (unpaired) electrons. The van der Waals surface area contributed by atoms with E-state index in [0.717, 1.165) is 19.3 Å². The van der Waals surface area contributed by atoms with Crippen molar-refractivity contribution in [3.8, 4) is 0 Å². The smallest absolute Gasteiger partial charge is 0.0611 e. The van der Waals surface area contributed by atoms with Crippen molar-refractivity contribution in [2.45, 2.75) is 38.2 Å². The van der Waals surface area contributed by atoms with Crippen LogP contribution in [0.1, 0.15) is 36.8 Å². The number of aliphatic hydroxyl groups excluding tert-OH is 1. The van der Waals surface area contributed by atoms with Gasteiger partial charge in [0.1, 0.15) is 0 Å². The van der Waals surface area contributed by atoms with Gasteiger partial charge in [-0.05, 0) is 30.4 Å². The lowest BCUT2D eigenvalue weighted by molar-refractivity contribution is 0.131. The summed E-state index contributed by atoms with van der Waals surface area (Å²) in [5, 5.41) is 14.6. The Balaban J connectivity index is 1.95. The molecule has 19 heavy (non-hydrogen) atoms. The van der Waals surface area contributed by atoms with E-state index in [1.165, 1.54) is 11.1 Å². The number of hydrogen-bond acceptors (Lipinski definition) is 2. The third-order valence-corrected chi connectivity index (χ3v) is 3.62. The number of aliphatic hydroxyl groups is 1. The molecule has 0 amide bonds. The van der Waals surface area contributed by atoms with E-state index in [0.29, 0.717) is 0 Å². The third kappa shape index (κ3) is 3.67. The van der Waals surface area contributed by atoms with Crippen molar-refractivity contribution in [1.82, 2.24) is 9.78 Å². The van der Waals surface area contributed by atoms with E-state index in [2.05, 4.69) is 24.2 Å². The molecule has 1 aromatic carbocycles. The summed E-state index contributed by atoms with van der Waals surface area (Å²) in [5.74, 6) is 0.220. The highest BCUT2D eigenvalue weighted by molar-refractivity contribution is 5.20. The molecule has 102 valence electrons. The molecule has 0 spiro atoms. The van der Waals surface area contributed by atoms with Crippen molar-refractivity contribution in [1.29, 1.82) is 0 Å². The second-order valence-electron chi connectivity index (χ2n) is 5.05. The summed E-state index contributed by atoms with van der Waals surface area (Å²) in [6, 6.07) is 10.3. The minimum Gasteiger partial charge on any atom is -0.392 e. The van der Waals surface area contributed by atoms with Crippen molar-refractivity contribution < 1.29 is 5.11 Å². The molecule has 0 aliphatic rings. The van der Waals surface area contributed by atoms with Crippen LogP contribution < -0.4 is 0 Å². The van der Waals surface area contributed by atoms with Crippen LogP contribution in [0, 0.1) is 0 Å². The van der Waals surface area contributed by atoms with Gasteiger partial charge >= 0.3 is 0 Å². The van der Waals surface area contributed by atoms with E-state index in [1.54, 1.807) is 4.68 Å². The van der Waals surface area contributed by atoms with E-state index in [-0.39, 0.29) is 12.0 Å². The van der Waals surface area contributed by atoms with Crippen molar-refractivity contribution in [3.05, 3.63) is 53.9 Å². The molecule has 3 heteroatoms. The fourth-order valence-electron chi connectivity index (χ4n) is 2.55. The van der Waals surface area contributed by atoms with Crippen LogP contribution in [0.4, 0.5) is 0 Å². The Morgan fingerprint density at radius 2 is 2.00 bits per heavy atom. The fourth-order valence-corrected chi connectivity index (χ4v) is 2.55. The van der Waals surface area contributed by atoms with Gasteiger partial charge in [-0.2, -0.15) is 5.10 Å². The number of rotatable bonds is 6. The average Bonchev–Trinajstić information content (AvgIpc) is 2.84. The van der Waals surface area contributed by atoms with Crippen LogP contribution >= 0.6 is 0 Å². The molecular formula is C16H22N2O. The van der Waals surface area contributed by atoms with Gasteiger partial charge in [0.15, 0.2) is 0 Å². The summed E-state index contributed by atoms with van der Waals surface area (Å²) in [7, 11) is 1.92. The monoisotopic (exact) mass is 258 g/mol. The number of nitrogens with zero attached hydrogens (tertiary/aromatic N) is 2. The van der Waals surface area contributed by atoms with Gasteiger partial charge in [0.2, 0.25) is 0 Å². The summed E-state index contributed by atoms with van der Waals surface area (Å²) in [4.78, 5) is 0. The van der Waals surface area contributed by atoms with E-state index in [4.69, 9.17) is 0 Å². The van der Waals surface area contributed by atoms with E-state index < -0.39 is 0 Å². The number of benzene rings is 1. The maximum atomic E-state index is 10.4. The van der Waals surface area contributed by atoms with Crippen LogP contribution in [-0.2, 0) is 13.5 Å². The highest BCUT2D eigenvalue weighted by atomic mass is 16.3. The predicted molar refractivity (Wildman–Crippen MR) is 77.0 cm³/mol. The first-order valence-corrected chi connectivity index (χ1v) is 6.91. The molecule has 0 bridgehead atoms. The summed E-state index contributed by atoms with van der Waals surface area (Å²) >= 11 is 0. The van der Waals surface area contributed by atoms with Gasteiger partial charge in [-0.3, -0.25) is 4.68 Å². The van der Waals surface area contributed by atoms with E-state index in [9.17, 15) is 5.11 Å². The summed E-state index contributed by atoms with van der Waals surface area (Å²) in [6.07, 6.45) is 6.19. The zero-order valence-electron chi connectivity index (χ0n) is 11.7. The van der Waals surface area contributed by atoms with Crippen LogP contribution in [0.15, 0.2) is 42.7 Å². The molecule has 1 N–H and O–H groups in total. The van der Waals surface area contributed by atoms with Crippen LogP contribution in [0.3, 0.4) is 0 Å². The molecule has 1 heterocycles. The molecule has 0 saturated carbocycles. The molecular weight excluding hydrogens is 236 g/mol. The van der Waals surface area contributed by atoms with Gasteiger partial charge < -0.3 is 5.11 Å². The van der Waals surface area contributed by atoms with Gasteiger partial charge in [-0.25, -0.2) is 0 Å². The fraction of sp³-hybridized carbons (Fsp3) is 0.438. The Morgan fingerprint density at radius 3 is 2.58 bits per heavy atom. The van der Waals surface area contributed by atoms with Crippen LogP contribution in [-0.4, -0.2) is 21.0 Å². The first-order valence-electron chi connectivity index (χ1n) is 6.91. The maximum Gasteiger partial charge on any atom is 0.0611 e. The molecule has 2 rings (SSSR count). The molecule has 0 fully saturated rings. The molecule has 1 aromatic heterocycles. The maximum absolute atomic E-state index is 10.4. The first-order chi connectivity index (χ1) is 9.20. The van der Waals surface area contributed by atoms with Crippen LogP contribution in [0.25, 0.3) is 0 Å². The van der Waals surface area contributed by atoms with Crippen molar-refractivity contribution in [3.63, 3.8) is 0 Å². The van der Waals surface area contributed by atoms with Gasteiger partial charge in [-0.15, -0.1) is 0 Å². The number of aromatic nitrogens is 2. The molecule has 0 aliphatic heterocycles. The number of aryl methyl sites for hydroxylation is 2. The Hall–Kier alpha value is -1.61. The zero-order chi connectivity index (χ0) is 13.7. The largest absolute Gasteiger partial charge is 0.392 e. The van der Waals surface area contributed by atoms with Gasteiger partial charge in [0.05, 0.1) is 12.3 Å². The predicted octanol–water partition coefficient (Wildman–Crippen LogP) is 2.91. The Morgan fingerprint density at radius 1 is 1.26 bits per heavy atom. The van der Waals surface area contributed by atoms with E-state index >= 15 is 0 Å². The lowest BCUT2D eigenvalue weighted by Gasteiger charge is -2.21. The average molecular weight is 258 g/mol. The van der Waals surface area contributed by atoms with Crippen molar-refractivity contribution >= 4 is 0 Å². The van der Waals surface area contributed by atoms with Crippen LogP contribution in [0.2, 0.25) is 0 Å². The molecule has 2 unspecified atom stereocenters. The summed E-state index contributed by atoms with van der Waals surface area (Å²) in [6.45, 7) is 2.13. The first kappa shape index (κ1) is 13.8. The topological polar surface area (TPSA) is 38.1 Å². The second kappa shape index (κ2) is 6.53. The quantitative estimate of drug-likeness (QED) is 0.865. The van der Waals surface area contributed by atoms with Crippen molar-refractivity contribution in [2.24, 2.45) is 7.05 Å². The van der Waals surface area contributed by atoms with Crippen LogP contribution in [0.5, 0.6) is 0 Å². The lowest BCUT2D eigenvalue weighted by Crippen LogP contribution is -2.18. The molecule has 3 nitrogen and oxygen atoms in total. The Bertz CT molecular complexity index is 492. The van der Waals surface area contributed by atoms with Gasteiger partial charge in [0.25, 0.3) is 0 Å². The van der Waals surface area contributed by atoms with E-state index in [1.807, 2.05) is 37.6 Å². The zero-order valence-corrected chi connectivity index (χ0v) is 11.7. The number of hydrogen-bond donors (Lipinski definition) is 1. The second-order valence-corrected chi connectivity index (χ2v) is 5.05. The molecule has 0 saturated heterocycles. The molecule has 2 atom stereocenters. The Kier molecular flexibility index (Phi) is 4.74. The van der Waals surface area contributed by atoms with Gasteiger partial charge in [0, 0.05) is 19.2 Å². The molecule has 2 aromatic rings. The molecule has 0 aliphatic carbocycles. The Labute approximate surface area is 114 Å². The minimum atomic E-state index is -0.299. The SMILES string of the molecule is CCC(c1ccccc1)C(O)CCc1cnn(C)c1. The third-order valence-electron chi connectivity index (χ3n) is 3.62. The highest BCUT2D eigenvalue weighted by Crippen LogP contribution is 2.25. The summed E-state index contributed by atoms with van der Waals surface area (Å²) in [5.41, 5.74) is 2.41. The lowest BCUT2D eigenvalue weighted by atomic mass is 9.88. The van der Waals surface area contributed by atoms with Gasteiger partial charge in [-0.1, -0.05) is 37.3 Å². The minimum absolute atomic E-state index is 0.220. The normalized spacial score (nSPS) is 14.3. The summed E-state index contributed by atoms with van der Waals surface area (Å²) < 4.78 is 1.80.